The van der Waals surface area contributed by atoms with Crippen molar-refractivity contribution in [3.05, 3.63) is 0 Å². The minimum Gasteiger partial charge on any atom is -0.316 e. The van der Waals surface area contributed by atoms with Crippen LogP contribution in [-0.4, -0.2) is 13.1 Å². The van der Waals surface area contributed by atoms with Crippen molar-refractivity contribution in [3.63, 3.8) is 0 Å². The monoisotopic (exact) mass is 223 g/mol. The first-order valence-corrected chi connectivity index (χ1v) is 7.55. The Hall–Kier alpha value is -0.0400. The standard InChI is InChI=1S/C15H29N/c1-13-5-4-8-14(11-13)9-10-16-12-15-6-2-3-7-15/h13-16H,2-12H2,1H3. The van der Waals surface area contributed by atoms with Gasteiger partial charge in [-0.25, -0.2) is 0 Å². The van der Waals surface area contributed by atoms with Gasteiger partial charge >= 0.3 is 0 Å². The van der Waals surface area contributed by atoms with E-state index in [1.165, 1.54) is 70.9 Å². The van der Waals surface area contributed by atoms with Crippen LogP contribution in [0.1, 0.15) is 64.7 Å². The maximum Gasteiger partial charge on any atom is -0.00205 e. The second-order valence-electron chi connectivity index (χ2n) is 6.28. The van der Waals surface area contributed by atoms with Crippen molar-refractivity contribution in [2.24, 2.45) is 17.8 Å². The van der Waals surface area contributed by atoms with Crippen LogP contribution in [0, 0.1) is 17.8 Å². The van der Waals surface area contributed by atoms with Crippen LogP contribution in [0.3, 0.4) is 0 Å². The predicted octanol–water partition coefficient (Wildman–Crippen LogP) is 3.98. The molecule has 2 aliphatic carbocycles. The molecule has 2 saturated carbocycles. The summed E-state index contributed by atoms with van der Waals surface area (Å²) in [6, 6.07) is 0. The Bertz CT molecular complexity index is 184. The molecular weight excluding hydrogens is 194 g/mol. The summed E-state index contributed by atoms with van der Waals surface area (Å²) in [5.41, 5.74) is 0. The lowest BCUT2D eigenvalue weighted by Crippen LogP contribution is -2.25. The maximum absolute atomic E-state index is 3.69. The highest BCUT2D eigenvalue weighted by atomic mass is 14.9. The SMILES string of the molecule is CC1CCCC(CCNCC2CCCC2)C1. The Morgan fingerprint density at radius 3 is 2.44 bits per heavy atom. The minimum absolute atomic E-state index is 0.994. The summed E-state index contributed by atoms with van der Waals surface area (Å²) >= 11 is 0. The van der Waals surface area contributed by atoms with E-state index in [0.29, 0.717) is 0 Å². The Morgan fingerprint density at radius 2 is 1.69 bits per heavy atom. The van der Waals surface area contributed by atoms with Crippen molar-refractivity contribution in [3.8, 4) is 0 Å². The van der Waals surface area contributed by atoms with Gasteiger partial charge in [0.25, 0.3) is 0 Å². The molecule has 1 nitrogen and oxygen atoms in total. The van der Waals surface area contributed by atoms with Gasteiger partial charge < -0.3 is 5.32 Å². The van der Waals surface area contributed by atoms with Crippen molar-refractivity contribution in [2.75, 3.05) is 13.1 Å². The molecule has 0 saturated heterocycles. The van der Waals surface area contributed by atoms with Crippen molar-refractivity contribution >= 4 is 0 Å². The van der Waals surface area contributed by atoms with E-state index in [1.54, 1.807) is 0 Å². The molecule has 0 radical (unpaired) electrons. The lowest BCUT2D eigenvalue weighted by molar-refractivity contribution is 0.266. The normalized spacial score (nSPS) is 32.1. The lowest BCUT2D eigenvalue weighted by Gasteiger charge is -2.26. The molecule has 0 bridgehead atoms. The first-order valence-electron chi connectivity index (χ1n) is 7.55. The van der Waals surface area contributed by atoms with Gasteiger partial charge in [0.1, 0.15) is 0 Å². The van der Waals surface area contributed by atoms with Crippen molar-refractivity contribution < 1.29 is 0 Å². The van der Waals surface area contributed by atoms with Crippen LogP contribution in [0.2, 0.25) is 0 Å². The molecule has 0 amide bonds. The summed E-state index contributed by atoms with van der Waals surface area (Å²) in [5.74, 6) is 3.03. The summed E-state index contributed by atoms with van der Waals surface area (Å²) < 4.78 is 0. The van der Waals surface area contributed by atoms with Gasteiger partial charge in [-0.15, -0.1) is 0 Å². The van der Waals surface area contributed by atoms with Crippen molar-refractivity contribution in [1.82, 2.24) is 5.32 Å². The molecule has 94 valence electrons. The lowest BCUT2D eigenvalue weighted by atomic mass is 9.81. The summed E-state index contributed by atoms with van der Waals surface area (Å²) in [5, 5.41) is 3.69. The van der Waals surface area contributed by atoms with Gasteiger partial charge in [0.15, 0.2) is 0 Å². The quantitative estimate of drug-likeness (QED) is 0.695. The highest BCUT2D eigenvalue weighted by Crippen LogP contribution is 2.30. The van der Waals surface area contributed by atoms with E-state index in [4.69, 9.17) is 0 Å². The van der Waals surface area contributed by atoms with E-state index >= 15 is 0 Å². The third-order valence-electron chi connectivity index (χ3n) is 4.68. The van der Waals surface area contributed by atoms with Gasteiger partial charge in [-0.1, -0.05) is 39.0 Å². The van der Waals surface area contributed by atoms with Crippen LogP contribution in [-0.2, 0) is 0 Å². The summed E-state index contributed by atoms with van der Waals surface area (Å²) in [6.45, 7) is 4.99. The molecule has 1 N–H and O–H groups in total. The molecule has 0 spiro atoms. The summed E-state index contributed by atoms with van der Waals surface area (Å²) in [7, 11) is 0. The van der Waals surface area contributed by atoms with E-state index < -0.39 is 0 Å². The van der Waals surface area contributed by atoms with Gasteiger partial charge in [0.05, 0.1) is 0 Å². The minimum atomic E-state index is 0.994. The zero-order chi connectivity index (χ0) is 11.2. The van der Waals surface area contributed by atoms with Crippen LogP contribution >= 0.6 is 0 Å². The molecule has 0 aromatic heterocycles. The average Bonchev–Trinajstić information content (AvgIpc) is 2.77. The van der Waals surface area contributed by atoms with Gasteiger partial charge in [0.2, 0.25) is 0 Å². The maximum atomic E-state index is 3.69. The summed E-state index contributed by atoms with van der Waals surface area (Å²) in [6.07, 6.45) is 13.3. The van der Waals surface area contributed by atoms with Crippen molar-refractivity contribution in [2.45, 2.75) is 64.7 Å². The first kappa shape index (κ1) is 12.4. The Kier molecular flexibility index (Phi) is 5.15. The van der Waals surface area contributed by atoms with E-state index in [1.807, 2.05) is 0 Å². The number of hydrogen-bond donors (Lipinski definition) is 1. The smallest absolute Gasteiger partial charge is 0.00205 e. The van der Waals surface area contributed by atoms with E-state index in [9.17, 15) is 0 Å². The van der Waals surface area contributed by atoms with Crippen LogP contribution in [0.5, 0.6) is 0 Å². The Balaban J connectivity index is 1.50. The molecule has 2 atom stereocenters. The molecule has 0 aromatic rings. The van der Waals surface area contributed by atoms with Gasteiger partial charge in [0, 0.05) is 0 Å². The largest absolute Gasteiger partial charge is 0.316 e. The molecule has 2 rings (SSSR count). The number of nitrogens with one attached hydrogen (secondary N) is 1. The number of hydrogen-bond acceptors (Lipinski definition) is 1. The Labute approximate surface area is 101 Å². The number of rotatable bonds is 5. The van der Waals surface area contributed by atoms with Crippen LogP contribution < -0.4 is 5.32 Å². The fourth-order valence-electron chi connectivity index (χ4n) is 3.65. The fourth-order valence-corrected chi connectivity index (χ4v) is 3.65. The average molecular weight is 223 g/mol. The zero-order valence-corrected chi connectivity index (χ0v) is 11.0. The van der Waals surface area contributed by atoms with Crippen LogP contribution in [0.25, 0.3) is 0 Å². The third-order valence-corrected chi connectivity index (χ3v) is 4.68. The molecule has 0 heterocycles. The second kappa shape index (κ2) is 6.64. The van der Waals surface area contributed by atoms with Crippen molar-refractivity contribution in [1.29, 1.82) is 0 Å². The highest BCUT2D eigenvalue weighted by molar-refractivity contribution is 4.73. The second-order valence-corrected chi connectivity index (χ2v) is 6.28. The molecule has 2 fully saturated rings. The first-order chi connectivity index (χ1) is 7.84. The third kappa shape index (κ3) is 4.08. The molecule has 0 aromatic carbocycles. The van der Waals surface area contributed by atoms with E-state index in [0.717, 1.165) is 17.8 Å². The highest BCUT2D eigenvalue weighted by Gasteiger charge is 2.18. The van der Waals surface area contributed by atoms with Gasteiger partial charge in [-0.3, -0.25) is 0 Å². The molecule has 2 unspecified atom stereocenters. The molecule has 16 heavy (non-hydrogen) atoms. The predicted molar refractivity (Wildman–Crippen MR) is 70.6 cm³/mol. The van der Waals surface area contributed by atoms with E-state index in [-0.39, 0.29) is 0 Å². The van der Waals surface area contributed by atoms with Crippen LogP contribution in [0.4, 0.5) is 0 Å². The van der Waals surface area contributed by atoms with Gasteiger partial charge in [-0.05, 0) is 56.5 Å². The Morgan fingerprint density at radius 1 is 0.938 bits per heavy atom. The van der Waals surface area contributed by atoms with Crippen LogP contribution in [0.15, 0.2) is 0 Å². The summed E-state index contributed by atoms with van der Waals surface area (Å²) in [4.78, 5) is 0. The van der Waals surface area contributed by atoms with E-state index in [2.05, 4.69) is 12.2 Å². The molecule has 1 heteroatoms. The topological polar surface area (TPSA) is 12.0 Å². The van der Waals surface area contributed by atoms with Gasteiger partial charge in [-0.2, -0.15) is 0 Å². The molecule has 0 aliphatic heterocycles. The molecular formula is C15H29N. The molecule has 2 aliphatic rings. The fraction of sp³-hybridized carbons (Fsp3) is 1.00. The zero-order valence-electron chi connectivity index (χ0n) is 11.0.